The first-order valence-corrected chi connectivity index (χ1v) is 6.50. The summed E-state index contributed by atoms with van der Waals surface area (Å²) in [5.41, 5.74) is 1.13. The van der Waals surface area contributed by atoms with Crippen LogP contribution in [0.3, 0.4) is 0 Å². The van der Waals surface area contributed by atoms with E-state index in [1.807, 2.05) is 39.8 Å². The molecule has 4 heteroatoms. The Kier molecular flexibility index (Phi) is 5.10. The molecule has 0 saturated carbocycles. The maximum atomic E-state index is 11.8. The van der Waals surface area contributed by atoms with Crippen molar-refractivity contribution < 1.29 is 9.59 Å². The minimum absolute atomic E-state index is 0.00378. The molecule has 0 aromatic heterocycles. The van der Waals surface area contributed by atoms with Crippen molar-refractivity contribution in [2.45, 2.75) is 34.2 Å². The number of hydrogen-bond acceptors (Lipinski definition) is 2. The lowest BCUT2D eigenvalue weighted by atomic mass is 9.95. The molecule has 104 valence electrons. The number of carbonyl (C=O) groups excluding carboxylic acids is 2. The molecule has 19 heavy (non-hydrogen) atoms. The van der Waals surface area contributed by atoms with E-state index in [4.69, 9.17) is 0 Å². The second kappa shape index (κ2) is 6.36. The van der Waals surface area contributed by atoms with Crippen LogP contribution in [0.4, 0.5) is 0 Å². The Labute approximate surface area is 114 Å². The van der Waals surface area contributed by atoms with E-state index in [2.05, 4.69) is 10.6 Å². The monoisotopic (exact) mass is 262 g/mol. The summed E-state index contributed by atoms with van der Waals surface area (Å²) in [6.45, 7) is 8.52. The zero-order valence-corrected chi connectivity index (χ0v) is 12.0. The third-order valence-electron chi connectivity index (χ3n) is 2.66. The molecule has 0 radical (unpaired) electrons. The first-order chi connectivity index (χ1) is 8.84. The minimum Gasteiger partial charge on any atom is -0.352 e. The molecule has 1 aromatic carbocycles. The molecule has 4 nitrogen and oxygen atoms in total. The second-order valence-electron chi connectivity index (χ2n) is 5.49. The smallest absolute Gasteiger partial charge is 0.251 e. The number of benzene rings is 1. The Hall–Kier alpha value is -1.84. The Morgan fingerprint density at radius 2 is 1.84 bits per heavy atom. The van der Waals surface area contributed by atoms with Crippen LogP contribution < -0.4 is 10.6 Å². The predicted molar refractivity (Wildman–Crippen MR) is 75.8 cm³/mol. The largest absolute Gasteiger partial charge is 0.352 e. The summed E-state index contributed by atoms with van der Waals surface area (Å²) in [6, 6.07) is 7.28. The minimum atomic E-state index is -0.406. The number of carbonyl (C=O) groups is 2. The molecule has 0 heterocycles. The standard InChI is InChI=1S/C15H22N2O2/c1-5-16-13(18)12-8-6-7-11(9-12)10-17-14(19)15(2,3)4/h6-9H,5,10H2,1-4H3,(H,16,18)(H,17,19). The zero-order valence-electron chi connectivity index (χ0n) is 12.0. The van der Waals surface area contributed by atoms with E-state index in [0.29, 0.717) is 18.7 Å². The fourth-order valence-electron chi connectivity index (χ4n) is 1.53. The van der Waals surface area contributed by atoms with E-state index in [1.54, 1.807) is 12.1 Å². The van der Waals surface area contributed by atoms with Crippen molar-refractivity contribution in [3.63, 3.8) is 0 Å². The molecule has 0 saturated heterocycles. The van der Waals surface area contributed by atoms with Crippen molar-refractivity contribution in [1.29, 1.82) is 0 Å². The average molecular weight is 262 g/mol. The van der Waals surface area contributed by atoms with Crippen molar-refractivity contribution in [2.75, 3.05) is 6.54 Å². The molecule has 2 N–H and O–H groups in total. The first-order valence-electron chi connectivity index (χ1n) is 6.50. The molecule has 2 amide bonds. The van der Waals surface area contributed by atoms with Crippen molar-refractivity contribution in [2.24, 2.45) is 5.41 Å². The third-order valence-corrected chi connectivity index (χ3v) is 2.66. The van der Waals surface area contributed by atoms with Gasteiger partial charge in [0.2, 0.25) is 5.91 Å². The van der Waals surface area contributed by atoms with Gasteiger partial charge in [0, 0.05) is 24.1 Å². The summed E-state index contributed by atoms with van der Waals surface area (Å²) >= 11 is 0. The number of nitrogens with one attached hydrogen (secondary N) is 2. The maximum absolute atomic E-state index is 11.8. The molecule has 0 fully saturated rings. The van der Waals surface area contributed by atoms with E-state index >= 15 is 0 Å². The molecular weight excluding hydrogens is 240 g/mol. The van der Waals surface area contributed by atoms with Crippen molar-refractivity contribution >= 4 is 11.8 Å². The summed E-state index contributed by atoms with van der Waals surface area (Å²) in [5, 5.41) is 5.62. The quantitative estimate of drug-likeness (QED) is 0.873. The van der Waals surface area contributed by atoms with Gasteiger partial charge in [0.05, 0.1) is 0 Å². The van der Waals surface area contributed by atoms with Crippen LogP contribution in [-0.2, 0) is 11.3 Å². The molecule has 1 aromatic rings. The topological polar surface area (TPSA) is 58.2 Å². The molecule has 0 spiro atoms. The summed E-state index contributed by atoms with van der Waals surface area (Å²) in [4.78, 5) is 23.5. The van der Waals surface area contributed by atoms with E-state index in [1.165, 1.54) is 0 Å². The highest BCUT2D eigenvalue weighted by Gasteiger charge is 2.20. The van der Waals surface area contributed by atoms with Gasteiger partial charge in [-0.2, -0.15) is 0 Å². The van der Waals surface area contributed by atoms with Crippen LogP contribution in [0.5, 0.6) is 0 Å². The zero-order chi connectivity index (χ0) is 14.5. The highest BCUT2D eigenvalue weighted by atomic mass is 16.2. The number of amides is 2. The molecule has 0 aliphatic heterocycles. The molecule has 0 bridgehead atoms. The Bertz CT molecular complexity index is 461. The van der Waals surface area contributed by atoms with Gasteiger partial charge >= 0.3 is 0 Å². The molecule has 0 unspecified atom stereocenters. The van der Waals surface area contributed by atoms with Gasteiger partial charge in [-0.05, 0) is 24.6 Å². The fourth-order valence-corrected chi connectivity index (χ4v) is 1.53. The maximum Gasteiger partial charge on any atom is 0.251 e. The molecule has 0 atom stereocenters. The van der Waals surface area contributed by atoms with Crippen molar-refractivity contribution in [3.8, 4) is 0 Å². The van der Waals surface area contributed by atoms with E-state index in [-0.39, 0.29) is 11.8 Å². The number of rotatable bonds is 4. The number of hydrogen-bond donors (Lipinski definition) is 2. The van der Waals surface area contributed by atoms with Crippen LogP contribution in [0.15, 0.2) is 24.3 Å². The normalized spacial score (nSPS) is 10.9. The summed E-state index contributed by atoms with van der Waals surface area (Å²) in [7, 11) is 0. The van der Waals surface area contributed by atoms with Crippen molar-refractivity contribution in [1.82, 2.24) is 10.6 Å². The van der Waals surface area contributed by atoms with Gasteiger partial charge in [0.1, 0.15) is 0 Å². The Morgan fingerprint density at radius 3 is 2.42 bits per heavy atom. The van der Waals surface area contributed by atoms with E-state index < -0.39 is 5.41 Å². The van der Waals surface area contributed by atoms with Crippen LogP contribution in [0.1, 0.15) is 43.6 Å². The van der Waals surface area contributed by atoms with Crippen molar-refractivity contribution in [3.05, 3.63) is 35.4 Å². The summed E-state index contributed by atoms with van der Waals surface area (Å²) in [6.07, 6.45) is 0. The lowest BCUT2D eigenvalue weighted by Gasteiger charge is -2.17. The van der Waals surface area contributed by atoms with Gasteiger partial charge in [0.15, 0.2) is 0 Å². The van der Waals surface area contributed by atoms with Crippen LogP contribution in [-0.4, -0.2) is 18.4 Å². The Balaban J connectivity index is 2.68. The first kappa shape index (κ1) is 15.2. The van der Waals surface area contributed by atoms with E-state index in [9.17, 15) is 9.59 Å². The van der Waals surface area contributed by atoms with Gasteiger partial charge < -0.3 is 10.6 Å². The SMILES string of the molecule is CCNC(=O)c1cccc(CNC(=O)C(C)(C)C)c1. The lowest BCUT2D eigenvalue weighted by Crippen LogP contribution is -2.34. The highest BCUT2D eigenvalue weighted by molar-refractivity contribution is 5.94. The van der Waals surface area contributed by atoms with Crippen LogP contribution >= 0.6 is 0 Å². The Morgan fingerprint density at radius 1 is 1.16 bits per heavy atom. The van der Waals surface area contributed by atoms with Gasteiger partial charge in [-0.1, -0.05) is 32.9 Å². The van der Waals surface area contributed by atoms with Gasteiger partial charge in [0.25, 0.3) is 5.91 Å². The van der Waals surface area contributed by atoms with Gasteiger partial charge in [-0.3, -0.25) is 9.59 Å². The molecule has 1 rings (SSSR count). The average Bonchev–Trinajstić information content (AvgIpc) is 2.35. The highest BCUT2D eigenvalue weighted by Crippen LogP contribution is 2.13. The second-order valence-corrected chi connectivity index (χ2v) is 5.49. The van der Waals surface area contributed by atoms with Crippen LogP contribution in [0.25, 0.3) is 0 Å². The third kappa shape index (κ3) is 4.73. The summed E-state index contributed by atoms with van der Waals surface area (Å²) < 4.78 is 0. The van der Waals surface area contributed by atoms with E-state index in [0.717, 1.165) is 5.56 Å². The fraction of sp³-hybridized carbons (Fsp3) is 0.467. The molecule has 0 aliphatic rings. The molecule has 0 aliphatic carbocycles. The van der Waals surface area contributed by atoms with Crippen LogP contribution in [0, 0.1) is 5.41 Å². The summed E-state index contributed by atoms with van der Waals surface area (Å²) in [5.74, 6) is -0.0950. The van der Waals surface area contributed by atoms with Gasteiger partial charge in [-0.15, -0.1) is 0 Å². The van der Waals surface area contributed by atoms with Crippen LogP contribution in [0.2, 0.25) is 0 Å². The predicted octanol–water partition coefficient (Wildman–Crippen LogP) is 2.10. The lowest BCUT2D eigenvalue weighted by molar-refractivity contribution is -0.128. The van der Waals surface area contributed by atoms with Gasteiger partial charge in [-0.25, -0.2) is 0 Å². The molecular formula is C15H22N2O2.